The molecule has 2 N–H and O–H groups in total. The molecule has 3 heterocycles. The number of amides is 2. The second-order valence-corrected chi connectivity index (χ2v) is 7.52. The molecular formula is C21H26N6O. The summed E-state index contributed by atoms with van der Waals surface area (Å²) in [5, 5.41) is 11.0. The SMILES string of the molecule is CC(C)c1cc(NC2CCN(C(=O)Nc3ccccc3)CC2)n2nccc2n1. The van der Waals surface area contributed by atoms with Crippen molar-refractivity contribution in [2.45, 2.75) is 38.6 Å². The van der Waals surface area contributed by atoms with Crippen LogP contribution in [-0.2, 0) is 0 Å². The molecule has 7 nitrogen and oxygen atoms in total. The van der Waals surface area contributed by atoms with E-state index in [4.69, 9.17) is 0 Å². The third kappa shape index (κ3) is 3.93. The van der Waals surface area contributed by atoms with Crippen LogP contribution in [-0.4, -0.2) is 44.7 Å². The van der Waals surface area contributed by atoms with Crippen LogP contribution >= 0.6 is 0 Å². The highest BCUT2D eigenvalue weighted by atomic mass is 16.2. The molecule has 3 aromatic rings. The van der Waals surface area contributed by atoms with Crippen LogP contribution < -0.4 is 10.6 Å². The van der Waals surface area contributed by atoms with Crippen LogP contribution in [0.2, 0.25) is 0 Å². The molecule has 1 aromatic carbocycles. The Kier molecular flexibility index (Phi) is 5.14. The molecular weight excluding hydrogens is 352 g/mol. The molecule has 0 radical (unpaired) electrons. The van der Waals surface area contributed by atoms with Crippen molar-refractivity contribution in [3.05, 3.63) is 54.4 Å². The number of fused-ring (bicyclic) bond motifs is 1. The molecule has 146 valence electrons. The Labute approximate surface area is 164 Å². The molecule has 0 spiro atoms. The fraction of sp³-hybridized carbons (Fsp3) is 0.381. The first kappa shape index (κ1) is 18.3. The van der Waals surface area contributed by atoms with Gasteiger partial charge in [-0.2, -0.15) is 9.61 Å². The number of rotatable bonds is 4. The van der Waals surface area contributed by atoms with E-state index in [0.717, 1.165) is 48.8 Å². The van der Waals surface area contributed by atoms with Gasteiger partial charge in [-0.25, -0.2) is 9.78 Å². The van der Waals surface area contributed by atoms with Crippen molar-refractivity contribution >= 4 is 23.2 Å². The molecule has 2 aromatic heterocycles. The molecule has 0 atom stereocenters. The highest BCUT2D eigenvalue weighted by molar-refractivity contribution is 5.89. The zero-order valence-corrected chi connectivity index (χ0v) is 16.3. The average molecular weight is 378 g/mol. The maximum absolute atomic E-state index is 12.5. The summed E-state index contributed by atoms with van der Waals surface area (Å²) in [6.45, 7) is 5.73. The molecule has 28 heavy (non-hydrogen) atoms. The molecule has 0 saturated carbocycles. The quantitative estimate of drug-likeness (QED) is 0.721. The Balaban J connectivity index is 1.39. The summed E-state index contributed by atoms with van der Waals surface area (Å²) in [5.74, 6) is 1.31. The van der Waals surface area contributed by atoms with Crippen molar-refractivity contribution in [1.29, 1.82) is 0 Å². The molecule has 1 aliphatic rings. The van der Waals surface area contributed by atoms with Gasteiger partial charge in [0.25, 0.3) is 0 Å². The monoisotopic (exact) mass is 378 g/mol. The number of aromatic nitrogens is 3. The molecule has 1 fully saturated rings. The predicted molar refractivity (Wildman–Crippen MR) is 111 cm³/mol. The largest absolute Gasteiger partial charge is 0.367 e. The van der Waals surface area contributed by atoms with Crippen LogP contribution in [0, 0.1) is 0 Å². The minimum atomic E-state index is -0.0369. The lowest BCUT2D eigenvalue weighted by atomic mass is 10.0. The zero-order chi connectivity index (χ0) is 19.5. The standard InChI is InChI=1S/C21H26N6O/c1-15(2)18-14-20(27-19(25-18)8-11-22-27)23-17-9-12-26(13-10-17)21(28)24-16-6-4-3-5-7-16/h3-8,11,14-15,17,23H,9-10,12-13H2,1-2H3,(H,24,28). The van der Waals surface area contributed by atoms with Crippen LogP contribution in [0.25, 0.3) is 5.65 Å². The number of likely N-dealkylation sites (tertiary alicyclic amines) is 1. The van der Waals surface area contributed by atoms with Gasteiger partial charge in [0, 0.05) is 42.6 Å². The van der Waals surface area contributed by atoms with Crippen molar-refractivity contribution in [3.8, 4) is 0 Å². The van der Waals surface area contributed by atoms with Gasteiger partial charge in [-0.15, -0.1) is 0 Å². The second-order valence-electron chi connectivity index (χ2n) is 7.52. The smallest absolute Gasteiger partial charge is 0.321 e. The summed E-state index contributed by atoms with van der Waals surface area (Å²) in [6, 6.07) is 13.8. The number of nitrogens with one attached hydrogen (secondary N) is 2. The maximum Gasteiger partial charge on any atom is 0.321 e. The van der Waals surface area contributed by atoms with E-state index in [1.54, 1.807) is 6.20 Å². The first-order valence-electron chi connectivity index (χ1n) is 9.82. The Hall–Kier alpha value is -3.09. The third-order valence-electron chi connectivity index (χ3n) is 5.13. The van der Waals surface area contributed by atoms with Crippen LogP contribution in [0.15, 0.2) is 48.7 Å². The predicted octanol–water partition coefficient (Wildman–Crippen LogP) is 3.96. The van der Waals surface area contributed by atoms with Gasteiger partial charge in [-0.1, -0.05) is 32.0 Å². The van der Waals surface area contributed by atoms with E-state index in [1.165, 1.54) is 0 Å². The lowest BCUT2D eigenvalue weighted by Gasteiger charge is -2.33. The summed E-state index contributed by atoms with van der Waals surface area (Å²) < 4.78 is 1.85. The van der Waals surface area contributed by atoms with Gasteiger partial charge in [0.15, 0.2) is 5.65 Å². The van der Waals surface area contributed by atoms with Gasteiger partial charge in [0.2, 0.25) is 0 Å². The van der Waals surface area contributed by atoms with Crippen LogP contribution in [0.4, 0.5) is 16.3 Å². The number of nitrogens with zero attached hydrogens (tertiary/aromatic N) is 4. The van der Waals surface area contributed by atoms with Crippen molar-refractivity contribution in [3.63, 3.8) is 0 Å². The van der Waals surface area contributed by atoms with Crippen molar-refractivity contribution in [2.75, 3.05) is 23.7 Å². The van der Waals surface area contributed by atoms with Gasteiger partial charge in [-0.3, -0.25) is 0 Å². The fourth-order valence-electron chi connectivity index (χ4n) is 3.49. The highest BCUT2D eigenvalue weighted by Gasteiger charge is 2.23. The second kappa shape index (κ2) is 7.88. The lowest BCUT2D eigenvalue weighted by Crippen LogP contribution is -2.44. The molecule has 0 unspecified atom stereocenters. The van der Waals surface area contributed by atoms with Gasteiger partial charge in [0.1, 0.15) is 5.82 Å². The normalized spacial score (nSPS) is 15.2. The molecule has 0 bridgehead atoms. The van der Waals surface area contributed by atoms with Crippen LogP contribution in [0.5, 0.6) is 0 Å². The Morgan fingerprint density at radius 1 is 1.14 bits per heavy atom. The Bertz CT molecular complexity index is 944. The Morgan fingerprint density at radius 2 is 1.89 bits per heavy atom. The number of para-hydroxylation sites is 1. The van der Waals surface area contributed by atoms with E-state index in [9.17, 15) is 4.79 Å². The molecule has 4 rings (SSSR count). The Morgan fingerprint density at radius 3 is 2.61 bits per heavy atom. The molecule has 1 aliphatic heterocycles. The number of benzene rings is 1. The van der Waals surface area contributed by atoms with Gasteiger partial charge in [-0.05, 0) is 30.9 Å². The fourth-order valence-corrected chi connectivity index (χ4v) is 3.49. The first-order chi connectivity index (χ1) is 13.6. The van der Waals surface area contributed by atoms with Crippen molar-refractivity contribution < 1.29 is 4.79 Å². The summed E-state index contributed by atoms with van der Waals surface area (Å²) in [6.07, 6.45) is 3.56. The summed E-state index contributed by atoms with van der Waals surface area (Å²) in [5.41, 5.74) is 2.73. The van der Waals surface area contributed by atoms with E-state index < -0.39 is 0 Å². The summed E-state index contributed by atoms with van der Waals surface area (Å²) in [4.78, 5) is 19.0. The number of hydrogen-bond acceptors (Lipinski definition) is 4. The topological polar surface area (TPSA) is 74.6 Å². The number of urea groups is 1. The molecule has 1 saturated heterocycles. The zero-order valence-electron chi connectivity index (χ0n) is 16.3. The van der Waals surface area contributed by atoms with Gasteiger partial charge in [0.05, 0.1) is 6.20 Å². The van der Waals surface area contributed by atoms with Crippen LogP contribution in [0.1, 0.15) is 38.3 Å². The van der Waals surface area contributed by atoms with Crippen molar-refractivity contribution in [2.24, 2.45) is 0 Å². The minimum Gasteiger partial charge on any atom is -0.367 e. The third-order valence-corrected chi connectivity index (χ3v) is 5.13. The summed E-state index contributed by atoms with van der Waals surface area (Å²) >= 11 is 0. The molecule has 2 amide bonds. The number of hydrogen-bond donors (Lipinski definition) is 2. The highest BCUT2D eigenvalue weighted by Crippen LogP contribution is 2.22. The van der Waals surface area contributed by atoms with E-state index in [1.807, 2.05) is 45.8 Å². The minimum absolute atomic E-state index is 0.0369. The molecule has 7 heteroatoms. The number of carbonyl (C=O) groups is 1. The first-order valence-corrected chi connectivity index (χ1v) is 9.82. The van der Waals surface area contributed by atoms with E-state index in [-0.39, 0.29) is 6.03 Å². The molecule has 0 aliphatic carbocycles. The van der Waals surface area contributed by atoms with E-state index in [2.05, 4.69) is 40.6 Å². The lowest BCUT2D eigenvalue weighted by molar-refractivity contribution is 0.197. The number of carbonyl (C=O) groups excluding carboxylic acids is 1. The van der Waals surface area contributed by atoms with Crippen LogP contribution in [0.3, 0.4) is 0 Å². The number of piperidine rings is 1. The van der Waals surface area contributed by atoms with E-state index in [0.29, 0.717) is 12.0 Å². The average Bonchev–Trinajstić information content (AvgIpc) is 3.18. The van der Waals surface area contributed by atoms with Gasteiger partial charge >= 0.3 is 6.03 Å². The van der Waals surface area contributed by atoms with Gasteiger partial charge < -0.3 is 15.5 Å². The maximum atomic E-state index is 12.5. The van der Waals surface area contributed by atoms with E-state index >= 15 is 0 Å². The number of anilines is 2. The van der Waals surface area contributed by atoms with Crippen molar-refractivity contribution in [1.82, 2.24) is 19.5 Å². The summed E-state index contributed by atoms with van der Waals surface area (Å²) in [7, 11) is 0.